The lowest BCUT2D eigenvalue weighted by atomic mass is 10.2. The first kappa shape index (κ1) is 13.6. The van der Waals surface area contributed by atoms with Crippen LogP contribution in [0.2, 0.25) is 0 Å². The van der Waals surface area contributed by atoms with Crippen LogP contribution in [0.1, 0.15) is 11.4 Å². The molecular formula is C16H12BrN3O. The fourth-order valence-corrected chi connectivity index (χ4v) is 2.33. The van der Waals surface area contributed by atoms with Crippen molar-refractivity contribution in [1.29, 1.82) is 0 Å². The number of phenolic OH excluding ortho intramolecular Hbond substituents is 1. The van der Waals surface area contributed by atoms with Gasteiger partial charge >= 0.3 is 0 Å². The molecule has 0 saturated heterocycles. The third kappa shape index (κ3) is 3.20. The van der Waals surface area contributed by atoms with Crippen LogP contribution in [-0.4, -0.2) is 20.3 Å². The van der Waals surface area contributed by atoms with E-state index in [0.717, 1.165) is 10.0 Å². The average molecular weight is 342 g/mol. The van der Waals surface area contributed by atoms with Crippen molar-refractivity contribution in [3.63, 3.8) is 0 Å². The molecular weight excluding hydrogens is 330 g/mol. The first-order valence-corrected chi connectivity index (χ1v) is 7.16. The number of aromatic nitrogens is 3. The van der Waals surface area contributed by atoms with Crippen LogP contribution in [0.25, 0.3) is 23.5 Å². The standard InChI is InChI=1S/C16H12BrN3O/c17-12-5-3-4-11(10-12)8-9-15-18-16(20-19-15)13-6-1-2-7-14(13)21/h1-10,21H,(H,18,19,20)/b9-8+. The lowest BCUT2D eigenvalue weighted by Gasteiger charge is -1.97. The molecule has 1 heterocycles. The maximum Gasteiger partial charge on any atom is 0.185 e. The fraction of sp³-hybridized carbons (Fsp3) is 0. The van der Waals surface area contributed by atoms with Gasteiger partial charge in [0.05, 0.1) is 5.56 Å². The number of nitrogens with zero attached hydrogens (tertiary/aromatic N) is 2. The van der Waals surface area contributed by atoms with Gasteiger partial charge in [0, 0.05) is 4.47 Å². The van der Waals surface area contributed by atoms with E-state index in [0.29, 0.717) is 17.2 Å². The number of hydrogen-bond donors (Lipinski definition) is 2. The zero-order chi connectivity index (χ0) is 14.7. The number of hydrogen-bond acceptors (Lipinski definition) is 3. The second kappa shape index (κ2) is 5.93. The lowest BCUT2D eigenvalue weighted by Crippen LogP contribution is -1.81. The van der Waals surface area contributed by atoms with Gasteiger partial charge in [-0.15, -0.1) is 0 Å². The van der Waals surface area contributed by atoms with Gasteiger partial charge in [-0.05, 0) is 35.9 Å². The molecule has 5 heteroatoms. The summed E-state index contributed by atoms with van der Waals surface area (Å²) in [6.07, 6.45) is 3.79. The van der Waals surface area contributed by atoms with E-state index in [1.165, 1.54) is 0 Å². The number of H-pyrrole nitrogens is 1. The van der Waals surface area contributed by atoms with Crippen LogP contribution < -0.4 is 0 Å². The Bertz CT molecular complexity index is 795. The van der Waals surface area contributed by atoms with Gasteiger partial charge in [0.25, 0.3) is 0 Å². The first-order valence-electron chi connectivity index (χ1n) is 6.37. The van der Waals surface area contributed by atoms with Crippen molar-refractivity contribution in [1.82, 2.24) is 15.2 Å². The highest BCUT2D eigenvalue weighted by molar-refractivity contribution is 9.10. The van der Waals surface area contributed by atoms with Crippen molar-refractivity contribution in [2.24, 2.45) is 0 Å². The molecule has 2 aromatic carbocycles. The molecule has 0 atom stereocenters. The molecule has 0 radical (unpaired) electrons. The van der Waals surface area contributed by atoms with Gasteiger partial charge in [-0.1, -0.05) is 46.3 Å². The Morgan fingerprint density at radius 1 is 1.05 bits per heavy atom. The number of benzene rings is 2. The van der Waals surface area contributed by atoms with E-state index in [1.54, 1.807) is 18.2 Å². The van der Waals surface area contributed by atoms with Gasteiger partial charge in [0.15, 0.2) is 5.82 Å². The Balaban J connectivity index is 1.84. The largest absolute Gasteiger partial charge is 0.507 e. The van der Waals surface area contributed by atoms with Gasteiger partial charge in [-0.3, -0.25) is 5.10 Å². The van der Waals surface area contributed by atoms with Gasteiger partial charge in [0.2, 0.25) is 0 Å². The second-order valence-corrected chi connectivity index (χ2v) is 5.37. The van der Waals surface area contributed by atoms with E-state index >= 15 is 0 Å². The summed E-state index contributed by atoms with van der Waals surface area (Å²) in [6, 6.07) is 14.9. The van der Waals surface area contributed by atoms with Gasteiger partial charge in [0.1, 0.15) is 11.6 Å². The van der Waals surface area contributed by atoms with Gasteiger partial charge in [-0.2, -0.15) is 5.10 Å². The number of halogens is 1. The van der Waals surface area contributed by atoms with Crippen LogP contribution in [0.15, 0.2) is 53.0 Å². The van der Waals surface area contributed by atoms with Crippen LogP contribution >= 0.6 is 15.9 Å². The minimum Gasteiger partial charge on any atom is -0.507 e. The molecule has 0 bridgehead atoms. The van der Waals surface area contributed by atoms with Crippen molar-refractivity contribution >= 4 is 28.1 Å². The second-order valence-electron chi connectivity index (χ2n) is 4.45. The molecule has 0 aliphatic carbocycles. The predicted octanol–water partition coefficient (Wildman–Crippen LogP) is 4.11. The number of phenols is 1. The smallest absolute Gasteiger partial charge is 0.185 e. The molecule has 104 valence electrons. The molecule has 0 aliphatic heterocycles. The monoisotopic (exact) mass is 341 g/mol. The van der Waals surface area contributed by atoms with Crippen molar-refractivity contribution in [2.45, 2.75) is 0 Å². The summed E-state index contributed by atoms with van der Waals surface area (Å²) in [6.45, 7) is 0. The SMILES string of the molecule is Oc1ccccc1-c1n[nH]c(/C=C/c2cccc(Br)c2)n1. The summed E-state index contributed by atoms with van der Waals surface area (Å²) >= 11 is 3.43. The summed E-state index contributed by atoms with van der Waals surface area (Å²) in [5.74, 6) is 1.27. The Morgan fingerprint density at radius 2 is 1.90 bits per heavy atom. The third-order valence-electron chi connectivity index (χ3n) is 2.93. The molecule has 3 rings (SSSR count). The normalized spacial score (nSPS) is 11.1. The number of aromatic hydroxyl groups is 1. The number of para-hydroxylation sites is 1. The average Bonchev–Trinajstić information content (AvgIpc) is 2.94. The number of rotatable bonds is 3. The highest BCUT2D eigenvalue weighted by Crippen LogP contribution is 2.25. The minimum atomic E-state index is 0.166. The van der Waals surface area contributed by atoms with Crippen LogP contribution in [0.4, 0.5) is 0 Å². The molecule has 0 fully saturated rings. The van der Waals surface area contributed by atoms with Crippen LogP contribution in [-0.2, 0) is 0 Å². The Morgan fingerprint density at radius 3 is 2.71 bits per heavy atom. The van der Waals surface area contributed by atoms with Crippen molar-refractivity contribution in [2.75, 3.05) is 0 Å². The number of nitrogens with one attached hydrogen (secondary N) is 1. The van der Waals surface area contributed by atoms with Crippen LogP contribution in [0, 0.1) is 0 Å². The molecule has 21 heavy (non-hydrogen) atoms. The fourth-order valence-electron chi connectivity index (χ4n) is 1.92. The topological polar surface area (TPSA) is 61.8 Å². The van der Waals surface area contributed by atoms with Gasteiger partial charge in [-0.25, -0.2) is 4.98 Å². The zero-order valence-electron chi connectivity index (χ0n) is 11.0. The highest BCUT2D eigenvalue weighted by Gasteiger charge is 2.08. The molecule has 0 spiro atoms. The Kier molecular flexibility index (Phi) is 3.83. The van der Waals surface area contributed by atoms with Crippen LogP contribution in [0.5, 0.6) is 5.75 Å². The molecule has 0 amide bonds. The van der Waals surface area contributed by atoms with E-state index in [2.05, 4.69) is 31.1 Å². The molecule has 1 aromatic heterocycles. The lowest BCUT2D eigenvalue weighted by molar-refractivity contribution is 0.477. The van der Waals surface area contributed by atoms with Crippen molar-refractivity contribution in [3.8, 4) is 17.1 Å². The highest BCUT2D eigenvalue weighted by atomic mass is 79.9. The number of aromatic amines is 1. The Hall–Kier alpha value is -2.40. The minimum absolute atomic E-state index is 0.166. The maximum atomic E-state index is 9.79. The summed E-state index contributed by atoms with van der Waals surface area (Å²) in [5.41, 5.74) is 1.67. The summed E-state index contributed by atoms with van der Waals surface area (Å²) in [4.78, 5) is 4.35. The van der Waals surface area contributed by atoms with E-state index < -0.39 is 0 Å². The summed E-state index contributed by atoms with van der Waals surface area (Å²) < 4.78 is 1.03. The molecule has 0 unspecified atom stereocenters. The van der Waals surface area contributed by atoms with Crippen molar-refractivity contribution in [3.05, 3.63) is 64.4 Å². The van der Waals surface area contributed by atoms with E-state index in [-0.39, 0.29) is 5.75 Å². The summed E-state index contributed by atoms with van der Waals surface area (Å²) in [5, 5.41) is 16.8. The summed E-state index contributed by atoms with van der Waals surface area (Å²) in [7, 11) is 0. The molecule has 2 N–H and O–H groups in total. The quantitative estimate of drug-likeness (QED) is 0.753. The Labute approximate surface area is 130 Å². The van der Waals surface area contributed by atoms with E-state index in [4.69, 9.17) is 0 Å². The molecule has 0 aliphatic rings. The predicted molar refractivity (Wildman–Crippen MR) is 86.6 cm³/mol. The van der Waals surface area contributed by atoms with Crippen LogP contribution in [0.3, 0.4) is 0 Å². The van der Waals surface area contributed by atoms with E-state index in [9.17, 15) is 5.11 Å². The first-order chi connectivity index (χ1) is 10.2. The molecule has 0 saturated carbocycles. The van der Waals surface area contributed by atoms with Gasteiger partial charge < -0.3 is 5.11 Å². The zero-order valence-corrected chi connectivity index (χ0v) is 12.6. The molecule has 3 aromatic rings. The molecule has 4 nitrogen and oxygen atoms in total. The maximum absolute atomic E-state index is 9.79. The van der Waals surface area contributed by atoms with Crippen molar-refractivity contribution < 1.29 is 5.11 Å². The third-order valence-corrected chi connectivity index (χ3v) is 3.42. The van der Waals surface area contributed by atoms with E-state index in [1.807, 2.05) is 42.5 Å².